The van der Waals surface area contributed by atoms with Crippen LogP contribution in [0, 0.1) is 0 Å². The van der Waals surface area contributed by atoms with E-state index in [0.29, 0.717) is 21.2 Å². The van der Waals surface area contributed by atoms with Gasteiger partial charge in [0.1, 0.15) is 12.2 Å². The number of benzene rings is 2. The molecule has 2 aromatic carbocycles. The van der Waals surface area contributed by atoms with E-state index in [1.807, 2.05) is 0 Å². The summed E-state index contributed by atoms with van der Waals surface area (Å²) in [5.74, 6) is -1.33. The minimum Gasteiger partial charge on any atom is -0.455 e. The van der Waals surface area contributed by atoms with Crippen molar-refractivity contribution in [3.05, 3.63) is 81.9 Å². The van der Waals surface area contributed by atoms with Crippen LogP contribution in [0.25, 0.3) is 0 Å². The Kier molecular flexibility index (Phi) is 7.25. The largest absolute Gasteiger partial charge is 0.455 e. The van der Waals surface area contributed by atoms with Gasteiger partial charge in [-0.1, -0.05) is 59.6 Å². The van der Waals surface area contributed by atoms with Crippen LogP contribution < -0.4 is 0 Å². The van der Waals surface area contributed by atoms with Gasteiger partial charge < -0.3 is 9.47 Å². The number of carbonyl (C=O) groups excluding carboxylic acids is 2. The molecule has 136 valence electrons. The Hall–Kier alpha value is -2.30. The van der Waals surface area contributed by atoms with Crippen molar-refractivity contribution in [1.82, 2.24) is 0 Å². The van der Waals surface area contributed by atoms with Gasteiger partial charge in [0, 0.05) is 33.3 Å². The van der Waals surface area contributed by atoms with E-state index in [9.17, 15) is 9.59 Å². The molecule has 0 fully saturated rings. The number of carbonyl (C=O) groups is 2. The molecule has 2 atom stereocenters. The molecule has 0 amide bonds. The van der Waals surface area contributed by atoms with Crippen LogP contribution in [0.2, 0.25) is 10.0 Å². The summed E-state index contributed by atoms with van der Waals surface area (Å²) in [7, 11) is 0. The second kappa shape index (κ2) is 9.41. The highest BCUT2D eigenvalue weighted by atomic mass is 35.5. The monoisotopic (exact) mass is 392 g/mol. The summed E-state index contributed by atoms with van der Waals surface area (Å²) in [6.07, 6.45) is 0.960. The predicted molar refractivity (Wildman–Crippen MR) is 101 cm³/mol. The van der Waals surface area contributed by atoms with Gasteiger partial charge in [0.25, 0.3) is 0 Å². The predicted octanol–water partition coefficient (Wildman–Crippen LogP) is 5.46. The third-order valence-corrected chi connectivity index (χ3v) is 4.32. The second-order valence-electron chi connectivity index (χ2n) is 5.53. The molecule has 2 rings (SSSR count). The van der Waals surface area contributed by atoms with Crippen molar-refractivity contribution in [2.45, 2.75) is 26.1 Å². The van der Waals surface area contributed by atoms with E-state index >= 15 is 0 Å². The lowest BCUT2D eigenvalue weighted by Gasteiger charge is -2.14. The molecule has 0 aliphatic carbocycles. The van der Waals surface area contributed by atoms with Crippen molar-refractivity contribution < 1.29 is 19.1 Å². The van der Waals surface area contributed by atoms with Crippen molar-refractivity contribution in [2.24, 2.45) is 0 Å². The maximum atomic E-state index is 11.9. The number of hydrogen-bond donors (Lipinski definition) is 0. The van der Waals surface area contributed by atoms with Gasteiger partial charge in [0.2, 0.25) is 0 Å². The van der Waals surface area contributed by atoms with Crippen LogP contribution in [0.4, 0.5) is 0 Å². The van der Waals surface area contributed by atoms with Gasteiger partial charge in [0.15, 0.2) is 0 Å². The van der Waals surface area contributed by atoms with E-state index in [4.69, 9.17) is 32.7 Å². The van der Waals surface area contributed by atoms with Crippen LogP contribution in [0.5, 0.6) is 0 Å². The van der Waals surface area contributed by atoms with E-state index < -0.39 is 24.1 Å². The van der Waals surface area contributed by atoms with Crippen LogP contribution >= 0.6 is 23.2 Å². The number of esters is 2. The number of hydrogen-bond acceptors (Lipinski definition) is 4. The summed E-state index contributed by atoms with van der Waals surface area (Å²) in [6.45, 7) is 3.40. The number of rotatable bonds is 6. The molecular formula is C20H18Cl2O4. The SMILES string of the molecule is C[C@@H](OC(=O)/C=C/C(=O)O[C@H](C)c1ccccc1Cl)c1ccccc1Cl. The standard InChI is InChI=1S/C20H18Cl2O4/c1-13(15-7-3-5-9-17(15)21)25-19(23)11-12-20(24)26-14(2)16-8-4-6-10-18(16)22/h3-14H,1-2H3/b12-11+/t13-,14-/m1/s1. The van der Waals surface area contributed by atoms with Gasteiger partial charge in [-0.05, 0) is 26.0 Å². The van der Waals surface area contributed by atoms with Crippen molar-refractivity contribution in [3.8, 4) is 0 Å². The molecule has 0 saturated heterocycles. The Morgan fingerprint density at radius 1 is 0.769 bits per heavy atom. The smallest absolute Gasteiger partial charge is 0.331 e. The van der Waals surface area contributed by atoms with E-state index in [1.165, 1.54) is 0 Å². The zero-order valence-corrected chi connectivity index (χ0v) is 15.8. The summed E-state index contributed by atoms with van der Waals surface area (Å²) in [5.41, 5.74) is 1.37. The first-order valence-corrected chi connectivity index (χ1v) is 8.72. The highest BCUT2D eigenvalue weighted by Gasteiger charge is 2.15. The topological polar surface area (TPSA) is 52.6 Å². The molecule has 0 aliphatic rings. The van der Waals surface area contributed by atoms with Crippen LogP contribution in [-0.2, 0) is 19.1 Å². The first kappa shape index (κ1) is 20.0. The lowest BCUT2D eigenvalue weighted by molar-refractivity contribution is -0.145. The molecule has 0 aliphatic heterocycles. The average Bonchev–Trinajstić information content (AvgIpc) is 2.60. The number of halogens is 2. The molecule has 26 heavy (non-hydrogen) atoms. The summed E-state index contributed by atoms with van der Waals surface area (Å²) in [5, 5.41) is 1.01. The van der Waals surface area contributed by atoms with Crippen molar-refractivity contribution in [1.29, 1.82) is 0 Å². The summed E-state index contributed by atoms with van der Waals surface area (Å²) >= 11 is 12.1. The second-order valence-corrected chi connectivity index (χ2v) is 6.35. The fourth-order valence-electron chi connectivity index (χ4n) is 2.30. The van der Waals surface area contributed by atoms with Gasteiger partial charge in [-0.15, -0.1) is 0 Å². The maximum Gasteiger partial charge on any atom is 0.331 e. The molecular weight excluding hydrogens is 375 g/mol. The molecule has 0 aromatic heterocycles. The highest BCUT2D eigenvalue weighted by molar-refractivity contribution is 6.31. The van der Waals surface area contributed by atoms with E-state index in [-0.39, 0.29) is 0 Å². The lowest BCUT2D eigenvalue weighted by atomic mass is 10.1. The van der Waals surface area contributed by atoms with Crippen LogP contribution in [0.1, 0.15) is 37.2 Å². The van der Waals surface area contributed by atoms with Gasteiger partial charge in [-0.25, -0.2) is 9.59 Å². The highest BCUT2D eigenvalue weighted by Crippen LogP contribution is 2.26. The molecule has 4 nitrogen and oxygen atoms in total. The van der Waals surface area contributed by atoms with Crippen LogP contribution in [0.3, 0.4) is 0 Å². The third-order valence-electron chi connectivity index (χ3n) is 3.63. The Morgan fingerprint density at radius 2 is 1.12 bits per heavy atom. The molecule has 0 spiro atoms. The average molecular weight is 393 g/mol. The summed E-state index contributed by atoms with van der Waals surface area (Å²) in [6, 6.07) is 14.1. The maximum absolute atomic E-state index is 11.9. The minimum absolute atomic E-state index is 0.504. The zero-order valence-electron chi connectivity index (χ0n) is 14.3. The molecule has 0 saturated carbocycles. The Bertz CT molecular complexity index is 749. The summed E-state index contributed by atoms with van der Waals surface area (Å²) in [4.78, 5) is 23.7. The van der Waals surface area contributed by atoms with Gasteiger partial charge >= 0.3 is 11.9 Å². The minimum atomic E-state index is -0.667. The molecule has 6 heteroatoms. The molecule has 0 N–H and O–H groups in total. The molecule has 2 aromatic rings. The van der Waals surface area contributed by atoms with Gasteiger partial charge in [-0.2, -0.15) is 0 Å². The van der Waals surface area contributed by atoms with E-state index in [2.05, 4.69) is 0 Å². The Morgan fingerprint density at radius 3 is 1.46 bits per heavy atom. The Labute approximate surface area is 162 Å². The Balaban J connectivity index is 1.90. The fraction of sp³-hybridized carbons (Fsp3) is 0.200. The van der Waals surface area contributed by atoms with E-state index in [1.54, 1.807) is 62.4 Å². The van der Waals surface area contributed by atoms with E-state index in [0.717, 1.165) is 12.2 Å². The molecule has 0 unspecified atom stereocenters. The molecule has 0 bridgehead atoms. The third kappa shape index (κ3) is 5.61. The van der Waals surface area contributed by atoms with Gasteiger partial charge in [-0.3, -0.25) is 0 Å². The summed E-state index contributed by atoms with van der Waals surface area (Å²) < 4.78 is 10.5. The quantitative estimate of drug-likeness (QED) is 0.483. The van der Waals surface area contributed by atoms with Crippen LogP contribution in [-0.4, -0.2) is 11.9 Å². The lowest BCUT2D eigenvalue weighted by Crippen LogP contribution is -2.09. The number of ether oxygens (including phenoxy) is 2. The normalized spacial score (nSPS) is 13.2. The molecule has 0 radical (unpaired) electrons. The van der Waals surface area contributed by atoms with Crippen molar-refractivity contribution >= 4 is 35.1 Å². The van der Waals surface area contributed by atoms with Crippen LogP contribution in [0.15, 0.2) is 60.7 Å². The van der Waals surface area contributed by atoms with Gasteiger partial charge in [0.05, 0.1) is 0 Å². The fourth-order valence-corrected chi connectivity index (χ4v) is 2.88. The first-order valence-electron chi connectivity index (χ1n) is 7.96. The first-order chi connectivity index (χ1) is 12.4. The van der Waals surface area contributed by atoms with Crippen molar-refractivity contribution in [2.75, 3.05) is 0 Å². The van der Waals surface area contributed by atoms with Crippen molar-refractivity contribution in [3.63, 3.8) is 0 Å². The zero-order chi connectivity index (χ0) is 19.1. The molecule has 0 heterocycles.